The normalized spacial score (nSPS) is 12.6. The Kier molecular flexibility index (Phi) is 6.10. The van der Waals surface area contributed by atoms with E-state index in [1.165, 1.54) is 24.3 Å². The summed E-state index contributed by atoms with van der Waals surface area (Å²) in [5.41, 5.74) is 4.62. The highest BCUT2D eigenvalue weighted by atomic mass is 35.5. The molecule has 0 aromatic heterocycles. The Morgan fingerprint density at radius 1 is 1.16 bits per heavy atom. The molecule has 0 aliphatic heterocycles. The molecule has 1 unspecified atom stereocenters. The second kappa shape index (κ2) is 7.90. The van der Waals surface area contributed by atoms with Crippen molar-refractivity contribution in [1.82, 2.24) is 0 Å². The predicted octanol–water partition coefficient (Wildman–Crippen LogP) is 2.98. The molecule has 2 rings (SSSR count). The molecule has 0 amide bonds. The zero-order valence-corrected chi connectivity index (χ0v) is 14.4. The number of ether oxygens (including phenoxy) is 1. The Balaban J connectivity index is 2.55. The summed E-state index contributed by atoms with van der Waals surface area (Å²) in [7, 11) is -4.23. The van der Waals surface area contributed by atoms with E-state index in [1.807, 2.05) is 0 Å². The van der Waals surface area contributed by atoms with Gasteiger partial charge >= 0.3 is 5.97 Å². The summed E-state index contributed by atoms with van der Waals surface area (Å²) >= 11 is 5.74. The third-order valence-electron chi connectivity index (χ3n) is 3.42. The van der Waals surface area contributed by atoms with Gasteiger partial charge in [-0.15, -0.1) is 0 Å². The molecule has 0 heterocycles. The number of hydrogen-bond donors (Lipinski definition) is 1. The second-order valence-corrected chi connectivity index (χ2v) is 7.61. The van der Waals surface area contributed by atoms with Crippen LogP contribution < -0.4 is 5.73 Å². The molecule has 0 bridgehead atoms. The van der Waals surface area contributed by atoms with Gasteiger partial charge in [0.15, 0.2) is 9.84 Å². The summed E-state index contributed by atoms with van der Waals surface area (Å²) in [6, 6.07) is 7.50. The second-order valence-electron chi connectivity index (χ2n) is 5.04. The highest BCUT2D eigenvalue weighted by Crippen LogP contribution is 2.34. The van der Waals surface area contributed by atoms with Crippen LogP contribution in [0.1, 0.15) is 17.2 Å². The molecule has 0 fully saturated rings. The lowest BCUT2D eigenvalue weighted by molar-refractivity contribution is -0.143. The van der Waals surface area contributed by atoms with Crippen molar-refractivity contribution in [3.63, 3.8) is 0 Å². The van der Waals surface area contributed by atoms with Crippen LogP contribution in [0.4, 0.5) is 8.78 Å². The fourth-order valence-electron chi connectivity index (χ4n) is 2.24. The van der Waals surface area contributed by atoms with E-state index in [4.69, 9.17) is 17.3 Å². The van der Waals surface area contributed by atoms with Crippen molar-refractivity contribution in [3.05, 3.63) is 64.7 Å². The minimum atomic E-state index is -4.23. The summed E-state index contributed by atoms with van der Waals surface area (Å²) in [5, 5.41) is -1.38. The number of rotatable bonds is 6. The summed E-state index contributed by atoms with van der Waals surface area (Å²) in [6.07, 6.45) is -0.720. The predicted molar refractivity (Wildman–Crippen MR) is 87.5 cm³/mol. The maximum Gasteiger partial charge on any atom is 0.308 e. The van der Waals surface area contributed by atoms with Crippen molar-refractivity contribution in [2.24, 2.45) is 5.73 Å². The lowest BCUT2D eigenvalue weighted by Crippen LogP contribution is -2.21. The highest BCUT2D eigenvalue weighted by molar-refractivity contribution is 7.91. The molecule has 0 saturated heterocycles. The van der Waals surface area contributed by atoms with Gasteiger partial charge in [0.05, 0.1) is 11.3 Å². The van der Waals surface area contributed by atoms with Crippen LogP contribution in [0.25, 0.3) is 0 Å². The Bertz CT molecular complexity index is 872. The average Bonchev–Trinajstić information content (AvgIpc) is 2.55. The van der Waals surface area contributed by atoms with Crippen LogP contribution in [0, 0.1) is 11.6 Å². The SMILES string of the molecule is NCOC(=O)CC(c1cc(F)ccc1F)S(=O)(=O)c1ccc(Cl)cc1. The van der Waals surface area contributed by atoms with E-state index in [0.717, 1.165) is 18.2 Å². The van der Waals surface area contributed by atoms with Crippen molar-refractivity contribution < 1.29 is 26.7 Å². The monoisotopic (exact) mass is 389 g/mol. The van der Waals surface area contributed by atoms with E-state index in [1.54, 1.807) is 0 Å². The van der Waals surface area contributed by atoms with Crippen molar-refractivity contribution in [2.45, 2.75) is 16.6 Å². The molecule has 2 aromatic carbocycles. The number of carbonyl (C=O) groups is 1. The molecule has 25 heavy (non-hydrogen) atoms. The van der Waals surface area contributed by atoms with Gasteiger partial charge in [-0.25, -0.2) is 17.2 Å². The molecule has 0 aliphatic carbocycles. The molecule has 1 atom stereocenters. The van der Waals surface area contributed by atoms with Crippen LogP contribution >= 0.6 is 11.6 Å². The first kappa shape index (κ1) is 19.3. The molecular weight excluding hydrogens is 376 g/mol. The van der Waals surface area contributed by atoms with Crippen LogP contribution in [0.3, 0.4) is 0 Å². The molecule has 9 heteroatoms. The fourth-order valence-corrected chi connectivity index (χ4v) is 4.08. The van der Waals surface area contributed by atoms with Gasteiger partial charge in [0.25, 0.3) is 0 Å². The van der Waals surface area contributed by atoms with Gasteiger partial charge in [-0.3, -0.25) is 10.5 Å². The molecule has 5 nitrogen and oxygen atoms in total. The van der Waals surface area contributed by atoms with Crippen molar-refractivity contribution in [1.29, 1.82) is 0 Å². The summed E-state index contributed by atoms with van der Waals surface area (Å²) < 4.78 is 58.0. The zero-order chi connectivity index (χ0) is 18.6. The van der Waals surface area contributed by atoms with E-state index in [-0.39, 0.29) is 4.90 Å². The minimum Gasteiger partial charge on any atom is -0.450 e. The molecule has 2 aromatic rings. The van der Waals surface area contributed by atoms with Crippen LogP contribution in [0.2, 0.25) is 5.02 Å². The zero-order valence-electron chi connectivity index (χ0n) is 12.8. The van der Waals surface area contributed by atoms with Gasteiger partial charge in [0.1, 0.15) is 23.6 Å². The summed E-state index contributed by atoms with van der Waals surface area (Å²) in [5.74, 6) is -2.74. The maximum atomic E-state index is 14.1. The number of nitrogens with two attached hydrogens (primary N) is 1. The number of hydrogen-bond acceptors (Lipinski definition) is 5. The van der Waals surface area contributed by atoms with E-state index in [9.17, 15) is 22.0 Å². The number of benzene rings is 2. The largest absolute Gasteiger partial charge is 0.450 e. The lowest BCUT2D eigenvalue weighted by atomic mass is 10.1. The van der Waals surface area contributed by atoms with Gasteiger partial charge in [0.2, 0.25) is 0 Å². The Labute approximate surface area is 148 Å². The van der Waals surface area contributed by atoms with Crippen LogP contribution in [-0.2, 0) is 19.4 Å². The first-order valence-corrected chi connectivity index (χ1v) is 8.98. The van der Waals surface area contributed by atoms with Crippen LogP contribution in [0.15, 0.2) is 47.4 Å². The third-order valence-corrected chi connectivity index (χ3v) is 5.77. The fraction of sp³-hybridized carbons (Fsp3) is 0.188. The number of sulfone groups is 1. The summed E-state index contributed by atoms with van der Waals surface area (Å²) in [6.45, 7) is -0.460. The molecule has 0 saturated carbocycles. The van der Waals surface area contributed by atoms with Gasteiger partial charge in [-0.2, -0.15) is 0 Å². The van der Waals surface area contributed by atoms with Crippen molar-refractivity contribution in [3.8, 4) is 0 Å². The Hall–Kier alpha value is -2.03. The smallest absolute Gasteiger partial charge is 0.308 e. The number of carbonyl (C=O) groups excluding carboxylic acids is 1. The topological polar surface area (TPSA) is 86.5 Å². The highest BCUT2D eigenvalue weighted by Gasteiger charge is 2.34. The number of halogens is 3. The molecule has 0 aliphatic rings. The quantitative estimate of drug-likeness (QED) is 0.606. The van der Waals surface area contributed by atoms with Crippen molar-refractivity contribution in [2.75, 3.05) is 6.73 Å². The number of esters is 1. The lowest BCUT2D eigenvalue weighted by Gasteiger charge is -2.18. The maximum absolute atomic E-state index is 14.1. The van der Waals surface area contributed by atoms with Crippen LogP contribution in [0.5, 0.6) is 0 Å². The van der Waals surface area contributed by atoms with Crippen molar-refractivity contribution >= 4 is 27.4 Å². The van der Waals surface area contributed by atoms with Crippen LogP contribution in [-0.4, -0.2) is 21.1 Å². The molecule has 134 valence electrons. The van der Waals surface area contributed by atoms with Gasteiger partial charge in [0, 0.05) is 10.6 Å². The summed E-state index contributed by atoms with van der Waals surface area (Å²) in [4.78, 5) is 11.6. The first-order valence-electron chi connectivity index (χ1n) is 7.06. The first-order chi connectivity index (χ1) is 11.8. The van der Waals surface area contributed by atoms with Gasteiger partial charge in [-0.05, 0) is 42.5 Å². The van der Waals surface area contributed by atoms with E-state index in [0.29, 0.717) is 5.02 Å². The average molecular weight is 390 g/mol. The Morgan fingerprint density at radius 3 is 2.40 bits per heavy atom. The van der Waals surface area contributed by atoms with E-state index < -0.39 is 51.4 Å². The van der Waals surface area contributed by atoms with Gasteiger partial charge < -0.3 is 4.74 Å². The molecule has 2 N–H and O–H groups in total. The standard InChI is InChI=1S/C16H14ClF2NO4S/c17-10-1-4-12(5-2-10)25(22,23)15(8-16(21)24-9-20)13-7-11(18)3-6-14(13)19/h1-7,15H,8-9,20H2. The van der Waals surface area contributed by atoms with Gasteiger partial charge in [-0.1, -0.05) is 11.6 Å². The third kappa shape index (κ3) is 4.53. The minimum absolute atomic E-state index is 0.189. The molecular formula is C16H14ClF2NO4S. The Morgan fingerprint density at radius 2 is 1.80 bits per heavy atom. The molecule has 0 spiro atoms. The van der Waals surface area contributed by atoms with E-state index >= 15 is 0 Å². The van der Waals surface area contributed by atoms with E-state index in [2.05, 4.69) is 4.74 Å². The molecule has 0 radical (unpaired) electrons.